The molecule has 1 heterocycles. The van der Waals surface area contributed by atoms with Crippen LogP contribution in [-0.4, -0.2) is 15.8 Å². The Balaban J connectivity index is 2.43. The number of aryl methyl sites for hydroxylation is 3. The van der Waals surface area contributed by atoms with E-state index in [9.17, 15) is 0 Å². The summed E-state index contributed by atoms with van der Waals surface area (Å²) in [6, 6.07) is 7.24. The average Bonchev–Trinajstić information content (AvgIpc) is 2.72. The number of nitrogens with zero attached hydrogens (tertiary/aromatic N) is 2. The van der Waals surface area contributed by atoms with Crippen LogP contribution in [0.4, 0.5) is 0 Å². The van der Waals surface area contributed by atoms with Gasteiger partial charge in [0.15, 0.2) is 0 Å². The van der Waals surface area contributed by atoms with Crippen molar-refractivity contribution in [1.29, 1.82) is 0 Å². The summed E-state index contributed by atoms with van der Waals surface area (Å²) in [5, 5.41) is 8.14. The Bertz CT molecular complexity index is 624. The van der Waals surface area contributed by atoms with E-state index < -0.39 is 0 Å². The first-order valence-corrected chi connectivity index (χ1v) is 7.81. The zero-order valence-electron chi connectivity index (χ0n) is 14.1. The van der Waals surface area contributed by atoms with E-state index in [1.54, 1.807) is 0 Å². The van der Waals surface area contributed by atoms with Gasteiger partial charge in [-0.3, -0.25) is 4.68 Å². The van der Waals surface area contributed by atoms with Gasteiger partial charge in [-0.05, 0) is 50.5 Å². The summed E-state index contributed by atoms with van der Waals surface area (Å²) in [6.45, 7) is 14.8. The van der Waals surface area contributed by atoms with E-state index in [0.29, 0.717) is 6.04 Å². The van der Waals surface area contributed by atoms with Crippen LogP contribution >= 0.6 is 0 Å². The van der Waals surface area contributed by atoms with E-state index in [-0.39, 0.29) is 0 Å². The highest BCUT2D eigenvalue weighted by molar-refractivity contribution is 5.72. The molecular formula is C18H27N3. The Morgan fingerprint density at radius 1 is 1.19 bits per heavy atom. The van der Waals surface area contributed by atoms with Crippen LogP contribution in [0.25, 0.3) is 11.1 Å². The maximum absolute atomic E-state index is 4.65. The lowest BCUT2D eigenvalue weighted by molar-refractivity contribution is 0.589. The predicted octanol–water partition coefficient (Wildman–Crippen LogP) is 3.99. The largest absolute Gasteiger partial charge is 0.310 e. The quantitative estimate of drug-likeness (QED) is 0.900. The van der Waals surface area contributed by atoms with Crippen LogP contribution in [0.3, 0.4) is 0 Å². The van der Waals surface area contributed by atoms with Gasteiger partial charge < -0.3 is 5.32 Å². The molecule has 1 aromatic heterocycles. The van der Waals surface area contributed by atoms with Crippen molar-refractivity contribution < 1.29 is 0 Å². The zero-order chi connectivity index (χ0) is 15.6. The number of benzene rings is 1. The zero-order valence-corrected chi connectivity index (χ0v) is 14.1. The van der Waals surface area contributed by atoms with Crippen molar-refractivity contribution in [2.75, 3.05) is 0 Å². The van der Waals surface area contributed by atoms with E-state index in [1.165, 1.54) is 27.9 Å². The highest BCUT2D eigenvalue weighted by atomic mass is 15.3. The van der Waals surface area contributed by atoms with Gasteiger partial charge in [-0.2, -0.15) is 5.10 Å². The normalized spacial score (nSPS) is 11.4. The van der Waals surface area contributed by atoms with Gasteiger partial charge in [-0.15, -0.1) is 0 Å². The monoisotopic (exact) mass is 285 g/mol. The first kappa shape index (κ1) is 15.8. The first-order valence-electron chi connectivity index (χ1n) is 7.81. The number of aromatic nitrogens is 2. The minimum Gasteiger partial charge on any atom is -0.310 e. The fourth-order valence-electron chi connectivity index (χ4n) is 2.77. The summed E-state index contributed by atoms with van der Waals surface area (Å²) in [5.74, 6) is 0. The standard InChI is InChI=1S/C18H27N3/c1-7-21-15(6)18(14(5)20-21)17-10-16(9-8-13(17)4)11-19-12(2)3/h8-10,12,19H,7,11H2,1-6H3. The molecule has 0 saturated carbocycles. The Labute approximate surface area is 128 Å². The molecule has 21 heavy (non-hydrogen) atoms. The molecule has 3 nitrogen and oxygen atoms in total. The molecule has 0 atom stereocenters. The summed E-state index contributed by atoms with van der Waals surface area (Å²) in [5.41, 5.74) is 7.62. The van der Waals surface area contributed by atoms with Crippen LogP contribution in [0.5, 0.6) is 0 Å². The molecule has 0 aliphatic rings. The van der Waals surface area contributed by atoms with Crippen LogP contribution < -0.4 is 5.32 Å². The third-order valence-electron chi connectivity index (χ3n) is 3.97. The van der Waals surface area contributed by atoms with E-state index in [1.807, 2.05) is 0 Å². The van der Waals surface area contributed by atoms with E-state index in [0.717, 1.165) is 18.8 Å². The van der Waals surface area contributed by atoms with Crippen molar-refractivity contribution in [3.05, 3.63) is 40.7 Å². The van der Waals surface area contributed by atoms with Crippen molar-refractivity contribution in [3.8, 4) is 11.1 Å². The van der Waals surface area contributed by atoms with Crippen LogP contribution in [0.1, 0.15) is 43.3 Å². The minimum atomic E-state index is 0.501. The van der Waals surface area contributed by atoms with Gasteiger partial charge in [0.1, 0.15) is 0 Å². The van der Waals surface area contributed by atoms with Gasteiger partial charge in [0.05, 0.1) is 5.69 Å². The molecule has 0 aliphatic carbocycles. The summed E-state index contributed by atoms with van der Waals surface area (Å²) < 4.78 is 2.09. The fourth-order valence-corrected chi connectivity index (χ4v) is 2.77. The molecule has 0 amide bonds. The molecule has 3 heteroatoms. The highest BCUT2D eigenvalue weighted by Gasteiger charge is 2.15. The molecule has 0 unspecified atom stereocenters. The molecule has 0 aliphatic heterocycles. The van der Waals surface area contributed by atoms with Crippen molar-refractivity contribution in [2.24, 2.45) is 0 Å². The average molecular weight is 285 g/mol. The molecule has 114 valence electrons. The van der Waals surface area contributed by atoms with Gasteiger partial charge in [0.2, 0.25) is 0 Å². The molecule has 1 aromatic carbocycles. The molecule has 1 N–H and O–H groups in total. The number of rotatable bonds is 5. The lowest BCUT2D eigenvalue weighted by Gasteiger charge is -2.12. The van der Waals surface area contributed by atoms with Gasteiger partial charge >= 0.3 is 0 Å². The molecule has 0 fully saturated rings. The first-order chi connectivity index (χ1) is 9.93. The summed E-state index contributed by atoms with van der Waals surface area (Å²) >= 11 is 0. The molecular weight excluding hydrogens is 258 g/mol. The Morgan fingerprint density at radius 3 is 2.48 bits per heavy atom. The lowest BCUT2D eigenvalue weighted by atomic mass is 9.96. The number of nitrogens with one attached hydrogen (secondary N) is 1. The molecule has 2 rings (SSSR count). The lowest BCUT2D eigenvalue weighted by Crippen LogP contribution is -2.21. The van der Waals surface area contributed by atoms with Crippen molar-refractivity contribution >= 4 is 0 Å². The Morgan fingerprint density at radius 2 is 1.90 bits per heavy atom. The SMILES string of the molecule is CCn1nc(C)c(-c2cc(CNC(C)C)ccc2C)c1C. The molecule has 0 bridgehead atoms. The number of hydrogen-bond donors (Lipinski definition) is 1. The maximum atomic E-state index is 4.65. The molecule has 0 spiro atoms. The maximum Gasteiger partial charge on any atom is 0.0675 e. The summed E-state index contributed by atoms with van der Waals surface area (Å²) in [6.07, 6.45) is 0. The third kappa shape index (κ3) is 3.35. The van der Waals surface area contributed by atoms with Gasteiger partial charge in [0.25, 0.3) is 0 Å². The second-order valence-electron chi connectivity index (χ2n) is 6.05. The smallest absolute Gasteiger partial charge is 0.0675 e. The van der Waals surface area contributed by atoms with Crippen molar-refractivity contribution in [2.45, 2.75) is 60.7 Å². The van der Waals surface area contributed by atoms with E-state index in [4.69, 9.17) is 0 Å². The summed E-state index contributed by atoms with van der Waals surface area (Å²) in [4.78, 5) is 0. The van der Waals surface area contributed by atoms with Gasteiger partial charge in [-0.25, -0.2) is 0 Å². The van der Waals surface area contributed by atoms with Crippen LogP contribution in [0.15, 0.2) is 18.2 Å². The number of hydrogen-bond acceptors (Lipinski definition) is 2. The second-order valence-corrected chi connectivity index (χ2v) is 6.05. The predicted molar refractivity (Wildman–Crippen MR) is 89.5 cm³/mol. The van der Waals surface area contributed by atoms with Crippen LogP contribution in [0, 0.1) is 20.8 Å². The molecule has 0 saturated heterocycles. The van der Waals surface area contributed by atoms with E-state index in [2.05, 4.69) is 74.8 Å². The molecule has 2 aromatic rings. The second kappa shape index (κ2) is 6.44. The van der Waals surface area contributed by atoms with Gasteiger partial charge in [-0.1, -0.05) is 26.0 Å². The Hall–Kier alpha value is -1.61. The highest BCUT2D eigenvalue weighted by Crippen LogP contribution is 2.30. The summed E-state index contributed by atoms with van der Waals surface area (Å²) in [7, 11) is 0. The topological polar surface area (TPSA) is 29.9 Å². The third-order valence-corrected chi connectivity index (χ3v) is 3.97. The van der Waals surface area contributed by atoms with Crippen LogP contribution in [0.2, 0.25) is 0 Å². The molecule has 0 radical (unpaired) electrons. The Kier molecular flexibility index (Phi) is 4.84. The van der Waals surface area contributed by atoms with Crippen molar-refractivity contribution in [3.63, 3.8) is 0 Å². The van der Waals surface area contributed by atoms with E-state index >= 15 is 0 Å². The van der Waals surface area contributed by atoms with Gasteiger partial charge in [0, 0.05) is 30.4 Å². The van der Waals surface area contributed by atoms with Crippen molar-refractivity contribution in [1.82, 2.24) is 15.1 Å². The van der Waals surface area contributed by atoms with Crippen LogP contribution in [-0.2, 0) is 13.1 Å². The minimum absolute atomic E-state index is 0.501. The fraction of sp³-hybridized carbons (Fsp3) is 0.500.